The van der Waals surface area contributed by atoms with Crippen molar-refractivity contribution in [1.29, 1.82) is 0 Å². The molecular formula is C32H42I2N2O4S. The van der Waals surface area contributed by atoms with E-state index in [2.05, 4.69) is 81.6 Å². The third-order valence-corrected chi connectivity index (χ3v) is 9.76. The number of benzene rings is 2. The zero-order valence-corrected chi connectivity index (χ0v) is 30.1. The maximum absolute atomic E-state index is 13.0. The van der Waals surface area contributed by atoms with E-state index in [0.717, 1.165) is 51.6 Å². The number of carbonyl (C=O) groups excluding carboxylic acids is 2. The minimum Gasteiger partial charge on any atom is -0.444 e. The van der Waals surface area contributed by atoms with Crippen molar-refractivity contribution in [2.24, 2.45) is 0 Å². The first kappa shape index (κ1) is 32.7. The lowest BCUT2D eigenvalue weighted by molar-refractivity contribution is 0.0215. The molecule has 224 valence electrons. The molecule has 2 unspecified atom stereocenters. The molecule has 0 saturated carbocycles. The van der Waals surface area contributed by atoms with Crippen LogP contribution in [0.3, 0.4) is 0 Å². The molecule has 2 saturated heterocycles. The number of nitrogens with zero attached hydrogens (tertiary/aromatic N) is 2. The summed E-state index contributed by atoms with van der Waals surface area (Å²) in [6, 6.07) is 13.5. The third kappa shape index (κ3) is 9.39. The minimum absolute atomic E-state index is 0.125. The molecule has 0 aliphatic carbocycles. The molecule has 0 bridgehead atoms. The maximum Gasteiger partial charge on any atom is 0.410 e. The van der Waals surface area contributed by atoms with Crippen LogP contribution in [-0.4, -0.2) is 58.4 Å². The van der Waals surface area contributed by atoms with Gasteiger partial charge in [0.2, 0.25) is 0 Å². The second kappa shape index (κ2) is 13.6. The molecule has 2 aliphatic rings. The molecule has 2 aromatic carbocycles. The lowest BCUT2D eigenvalue weighted by Gasteiger charge is -2.29. The molecule has 0 N–H and O–H groups in total. The Bertz CT molecular complexity index is 1160. The summed E-state index contributed by atoms with van der Waals surface area (Å²) < 4.78 is 13.8. The monoisotopic (exact) mass is 804 g/mol. The lowest BCUT2D eigenvalue weighted by Crippen LogP contribution is -2.40. The summed E-state index contributed by atoms with van der Waals surface area (Å²) in [7, 11) is 0. The summed E-state index contributed by atoms with van der Waals surface area (Å²) in [5, 5.41) is 0. The first-order valence-electron chi connectivity index (χ1n) is 14.4. The number of carbonyl (C=O) groups is 2. The van der Waals surface area contributed by atoms with Gasteiger partial charge in [0.05, 0.1) is 0 Å². The zero-order chi connectivity index (χ0) is 29.9. The van der Waals surface area contributed by atoms with Gasteiger partial charge >= 0.3 is 12.2 Å². The van der Waals surface area contributed by atoms with Crippen molar-refractivity contribution in [1.82, 2.24) is 9.80 Å². The van der Waals surface area contributed by atoms with Crippen LogP contribution in [0.5, 0.6) is 0 Å². The molecule has 2 aromatic rings. The first-order chi connectivity index (χ1) is 19.2. The van der Waals surface area contributed by atoms with Gasteiger partial charge in [-0.15, -0.1) is 0 Å². The molecule has 41 heavy (non-hydrogen) atoms. The summed E-state index contributed by atoms with van der Waals surface area (Å²) in [6.07, 6.45) is 5.11. The standard InChI is InChI=1S/C32H42I2N2O4S/c1-31(2,3)39-29(37)35-15-7-9-25(35)19-21-17-23(33)11-13-27(21)41-28-14-12-24(34)18-22(28)20-26-10-8-16-36(26)30(38)40-32(4,5)6/h11-14,17-18,25-26H,7-10,15-16,19-20H2,1-6H3. The summed E-state index contributed by atoms with van der Waals surface area (Å²) >= 11 is 6.53. The van der Waals surface area contributed by atoms with E-state index >= 15 is 0 Å². The number of hydrogen-bond donors (Lipinski definition) is 0. The van der Waals surface area contributed by atoms with Gasteiger partial charge in [-0.05, 0) is 173 Å². The lowest BCUT2D eigenvalue weighted by atomic mass is 10.0. The molecule has 9 heteroatoms. The Balaban J connectivity index is 1.54. The van der Waals surface area contributed by atoms with Crippen LogP contribution < -0.4 is 0 Å². The summed E-state index contributed by atoms with van der Waals surface area (Å²) in [6.45, 7) is 13.0. The molecule has 2 fully saturated rings. The number of hydrogen-bond acceptors (Lipinski definition) is 5. The summed E-state index contributed by atoms with van der Waals surface area (Å²) in [5.74, 6) is 0. The number of halogens is 2. The van der Waals surface area contributed by atoms with E-state index in [0.29, 0.717) is 0 Å². The first-order valence-corrected chi connectivity index (χ1v) is 17.4. The second-order valence-electron chi connectivity index (χ2n) is 13.0. The maximum atomic E-state index is 13.0. The van der Waals surface area contributed by atoms with Gasteiger partial charge in [-0.2, -0.15) is 0 Å². The van der Waals surface area contributed by atoms with E-state index in [1.54, 1.807) is 11.8 Å². The van der Waals surface area contributed by atoms with Crippen molar-refractivity contribution in [3.05, 3.63) is 54.7 Å². The predicted octanol–water partition coefficient (Wildman–Crippen LogP) is 8.93. The molecule has 4 rings (SSSR count). The second-order valence-corrected chi connectivity index (χ2v) is 16.5. The van der Waals surface area contributed by atoms with Gasteiger partial charge in [0, 0.05) is 42.1 Å². The molecule has 2 amide bonds. The molecule has 0 radical (unpaired) electrons. The average Bonchev–Trinajstić information content (AvgIpc) is 3.50. The minimum atomic E-state index is -0.507. The van der Waals surface area contributed by atoms with Gasteiger partial charge < -0.3 is 19.3 Å². The molecule has 0 aromatic heterocycles. The third-order valence-electron chi connectivity index (χ3n) is 7.19. The smallest absolute Gasteiger partial charge is 0.410 e. The predicted molar refractivity (Wildman–Crippen MR) is 182 cm³/mol. The van der Waals surface area contributed by atoms with Crippen molar-refractivity contribution in [3.8, 4) is 0 Å². The average molecular weight is 805 g/mol. The Hall–Kier alpha value is -1.21. The van der Waals surface area contributed by atoms with Gasteiger partial charge in [-0.3, -0.25) is 0 Å². The van der Waals surface area contributed by atoms with Crippen molar-refractivity contribution in [2.45, 2.75) is 113 Å². The van der Waals surface area contributed by atoms with Crippen LogP contribution in [-0.2, 0) is 22.3 Å². The Morgan fingerprint density at radius 1 is 0.756 bits per heavy atom. The van der Waals surface area contributed by atoms with Gasteiger partial charge in [0.15, 0.2) is 0 Å². The highest BCUT2D eigenvalue weighted by atomic mass is 127. The Labute approximate surface area is 276 Å². The summed E-state index contributed by atoms with van der Waals surface area (Å²) in [4.78, 5) is 32.2. The van der Waals surface area contributed by atoms with Gasteiger partial charge in [-0.25, -0.2) is 9.59 Å². The zero-order valence-electron chi connectivity index (χ0n) is 25.0. The highest BCUT2D eigenvalue weighted by molar-refractivity contribution is 14.1. The van der Waals surface area contributed by atoms with E-state index in [1.807, 2.05) is 51.3 Å². The van der Waals surface area contributed by atoms with Crippen LogP contribution in [0, 0.1) is 7.14 Å². The van der Waals surface area contributed by atoms with Gasteiger partial charge in [0.1, 0.15) is 11.2 Å². The van der Waals surface area contributed by atoms with Crippen molar-refractivity contribution >= 4 is 69.1 Å². The van der Waals surface area contributed by atoms with Crippen molar-refractivity contribution in [2.75, 3.05) is 13.1 Å². The fourth-order valence-electron chi connectivity index (χ4n) is 5.46. The molecule has 6 nitrogen and oxygen atoms in total. The number of ether oxygens (including phenoxy) is 2. The van der Waals surface area contributed by atoms with Crippen LogP contribution in [0.15, 0.2) is 46.2 Å². The Morgan fingerprint density at radius 2 is 1.15 bits per heavy atom. The molecule has 0 spiro atoms. The Kier molecular flexibility index (Phi) is 10.9. The van der Waals surface area contributed by atoms with E-state index in [-0.39, 0.29) is 24.3 Å². The normalized spacial score (nSPS) is 19.5. The molecular weight excluding hydrogens is 762 g/mol. The Morgan fingerprint density at radius 3 is 1.51 bits per heavy atom. The fourth-order valence-corrected chi connectivity index (χ4v) is 7.63. The van der Waals surface area contributed by atoms with Gasteiger partial charge in [0.25, 0.3) is 0 Å². The number of rotatable bonds is 6. The molecule has 2 heterocycles. The van der Waals surface area contributed by atoms with E-state index < -0.39 is 11.2 Å². The van der Waals surface area contributed by atoms with Crippen molar-refractivity contribution in [3.63, 3.8) is 0 Å². The number of likely N-dealkylation sites (tertiary alicyclic amines) is 2. The largest absolute Gasteiger partial charge is 0.444 e. The van der Waals surface area contributed by atoms with Crippen LogP contribution in [0.1, 0.15) is 78.4 Å². The molecule has 2 aliphatic heterocycles. The summed E-state index contributed by atoms with van der Waals surface area (Å²) in [5.41, 5.74) is 1.49. The van der Waals surface area contributed by atoms with E-state index in [1.165, 1.54) is 28.1 Å². The van der Waals surface area contributed by atoms with E-state index in [9.17, 15) is 9.59 Å². The number of amides is 2. The topological polar surface area (TPSA) is 59.1 Å². The van der Waals surface area contributed by atoms with Crippen LogP contribution in [0.25, 0.3) is 0 Å². The van der Waals surface area contributed by atoms with E-state index in [4.69, 9.17) is 9.47 Å². The highest BCUT2D eigenvalue weighted by Crippen LogP contribution is 2.38. The highest BCUT2D eigenvalue weighted by Gasteiger charge is 2.34. The van der Waals surface area contributed by atoms with Gasteiger partial charge in [-0.1, -0.05) is 11.8 Å². The fraction of sp³-hybridized carbons (Fsp3) is 0.562. The quantitative estimate of drug-likeness (QED) is 0.273. The van der Waals surface area contributed by atoms with Crippen molar-refractivity contribution < 1.29 is 19.1 Å². The van der Waals surface area contributed by atoms with Crippen LogP contribution >= 0.6 is 56.9 Å². The van der Waals surface area contributed by atoms with Crippen LogP contribution in [0.4, 0.5) is 9.59 Å². The SMILES string of the molecule is CC(C)(C)OC(=O)N1CCCC1Cc1cc(I)ccc1Sc1ccc(I)cc1CC1CCCN1C(=O)OC(C)(C)C. The van der Waals surface area contributed by atoms with Crippen LogP contribution in [0.2, 0.25) is 0 Å². The molecule has 2 atom stereocenters.